The number of hydrogen-bond donors (Lipinski definition) is 3. The monoisotopic (exact) mass is 326 g/mol. The summed E-state index contributed by atoms with van der Waals surface area (Å²) < 4.78 is 0. The van der Waals surface area contributed by atoms with Gasteiger partial charge >= 0.3 is 5.97 Å². The molecule has 1 aromatic carbocycles. The number of carboxylic acids is 1. The van der Waals surface area contributed by atoms with E-state index in [1.54, 1.807) is 19.1 Å². The molecule has 0 atom stereocenters. The molecule has 0 saturated heterocycles. The van der Waals surface area contributed by atoms with E-state index in [0.29, 0.717) is 23.2 Å². The molecule has 1 aliphatic rings. The van der Waals surface area contributed by atoms with Crippen LogP contribution in [-0.4, -0.2) is 27.8 Å². The molecular formula is C18H18N2O4. The van der Waals surface area contributed by atoms with Crippen molar-refractivity contribution in [3.8, 4) is 0 Å². The molecule has 1 aliphatic carbocycles. The van der Waals surface area contributed by atoms with Crippen molar-refractivity contribution in [2.24, 2.45) is 0 Å². The van der Waals surface area contributed by atoms with Crippen molar-refractivity contribution in [3.63, 3.8) is 0 Å². The quantitative estimate of drug-likeness (QED) is 0.803. The molecule has 0 unspecified atom stereocenters. The maximum absolute atomic E-state index is 12.4. The molecule has 3 rings (SSSR count). The third-order valence-electron chi connectivity index (χ3n) is 4.32. The molecule has 0 spiro atoms. The van der Waals surface area contributed by atoms with Crippen LogP contribution >= 0.6 is 0 Å². The van der Waals surface area contributed by atoms with Crippen molar-refractivity contribution in [1.29, 1.82) is 0 Å². The molecule has 6 nitrogen and oxygen atoms in total. The lowest BCUT2D eigenvalue weighted by Gasteiger charge is -2.09. The molecule has 124 valence electrons. The Labute approximate surface area is 138 Å². The van der Waals surface area contributed by atoms with Crippen LogP contribution in [0, 0.1) is 6.92 Å². The fourth-order valence-electron chi connectivity index (χ4n) is 3.04. The second-order valence-corrected chi connectivity index (χ2v) is 5.94. The summed E-state index contributed by atoms with van der Waals surface area (Å²) in [6, 6.07) is 6.34. The number of hydrogen-bond acceptors (Lipinski definition) is 3. The highest BCUT2D eigenvalue weighted by molar-refractivity contribution is 6.04. The van der Waals surface area contributed by atoms with E-state index >= 15 is 0 Å². The predicted molar refractivity (Wildman–Crippen MR) is 87.4 cm³/mol. The van der Waals surface area contributed by atoms with Crippen molar-refractivity contribution in [1.82, 2.24) is 10.3 Å². The molecule has 0 saturated carbocycles. The van der Waals surface area contributed by atoms with Crippen LogP contribution in [0.15, 0.2) is 24.3 Å². The van der Waals surface area contributed by atoms with Gasteiger partial charge in [0.1, 0.15) is 5.69 Å². The molecule has 2 aromatic rings. The molecule has 0 fully saturated rings. The third-order valence-corrected chi connectivity index (χ3v) is 4.32. The Morgan fingerprint density at radius 2 is 1.92 bits per heavy atom. The molecule has 6 heteroatoms. The van der Waals surface area contributed by atoms with Crippen molar-refractivity contribution in [2.75, 3.05) is 0 Å². The van der Waals surface area contributed by atoms with Crippen LogP contribution in [0.2, 0.25) is 0 Å². The highest BCUT2D eigenvalue weighted by Crippen LogP contribution is 2.26. The fourth-order valence-corrected chi connectivity index (χ4v) is 3.04. The van der Waals surface area contributed by atoms with E-state index in [1.807, 2.05) is 0 Å². The summed E-state index contributed by atoms with van der Waals surface area (Å²) in [4.78, 5) is 38.3. The summed E-state index contributed by atoms with van der Waals surface area (Å²) in [7, 11) is 0. The first-order valence-electron chi connectivity index (χ1n) is 7.82. The maximum Gasteiger partial charge on any atom is 0.335 e. The van der Waals surface area contributed by atoms with Gasteiger partial charge in [0.15, 0.2) is 5.78 Å². The highest BCUT2D eigenvalue weighted by atomic mass is 16.4. The largest absolute Gasteiger partial charge is 0.478 e. The Bertz CT molecular complexity index is 818. The first-order chi connectivity index (χ1) is 11.5. The molecule has 0 radical (unpaired) electrons. The van der Waals surface area contributed by atoms with E-state index < -0.39 is 5.97 Å². The Morgan fingerprint density at radius 3 is 2.54 bits per heavy atom. The van der Waals surface area contributed by atoms with Crippen LogP contribution in [0.3, 0.4) is 0 Å². The zero-order chi connectivity index (χ0) is 17.3. The number of carbonyl (C=O) groups is 3. The first-order valence-corrected chi connectivity index (χ1v) is 7.82. The minimum atomic E-state index is -0.983. The number of aromatic nitrogens is 1. The number of rotatable bonds is 4. The van der Waals surface area contributed by atoms with Crippen LogP contribution in [0.25, 0.3) is 0 Å². The van der Waals surface area contributed by atoms with Gasteiger partial charge in [0.2, 0.25) is 0 Å². The van der Waals surface area contributed by atoms with Crippen LogP contribution < -0.4 is 5.32 Å². The van der Waals surface area contributed by atoms with Gasteiger partial charge in [0, 0.05) is 24.2 Å². The predicted octanol–water partition coefficient (Wildman–Crippen LogP) is 2.47. The van der Waals surface area contributed by atoms with Crippen LogP contribution in [0.5, 0.6) is 0 Å². The summed E-state index contributed by atoms with van der Waals surface area (Å²) in [5, 5.41) is 11.7. The number of fused-ring (bicyclic) bond motifs is 1. The number of Topliss-reactive ketones (excluding diaryl/α,β-unsaturated/α-hetero) is 1. The Balaban J connectivity index is 1.71. The minimum Gasteiger partial charge on any atom is -0.478 e. The summed E-state index contributed by atoms with van der Waals surface area (Å²) in [5.41, 5.74) is 3.65. The zero-order valence-electron chi connectivity index (χ0n) is 13.3. The second-order valence-electron chi connectivity index (χ2n) is 5.94. The van der Waals surface area contributed by atoms with E-state index in [9.17, 15) is 14.4 Å². The normalized spacial score (nSPS) is 13.5. The number of amides is 1. The summed E-state index contributed by atoms with van der Waals surface area (Å²) in [6.07, 6.45) is 2.12. The first kappa shape index (κ1) is 16.0. The lowest BCUT2D eigenvalue weighted by Crippen LogP contribution is -2.24. The van der Waals surface area contributed by atoms with Gasteiger partial charge in [0.25, 0.3) is 5.91 Å². The topological polar surface area (TPSA) is 99.3 Å². The summed E-state index contributed by atoms with van der Waals surface area (Å²) in [5.74, 6) is -1.16. The molecule has 3 N–H and O–H groups in total. The lowest BCUT2D eigenvalue weighted by molar-refractivity contribution is 0.0696. The van der Waals surface area contributed by atoms with E-state index in [4.69, 9.17) is 5.11 Å². The Kier molecular flexibility index (Phi) is 4.20. The number of aromatic carboxylic acids is 1. The number of benzene rings is 1. The van der Waals surface area contributed by atoms with Gasteiger partial charge in [-0.15, -0.1) is 0 Å². The van der Waals surface area contributed by atoms with E-state index in [1.165, 1.54) is 12.1 Å². The number of nitrogens with one attached hydrogen (secondary N) is 2. The van der Waals surface area contributed by atoms with E-state index in [2.05, 4.69) is 10.3 Å². The standard InChI is InChI=1S/C18H18N2O4/c1-10-15-13(3-2-4-14(15)21)20-16(10)17(22)19-9-11-5-7-12(8-6-11)18(23)24/h5-8,20H,2-4,9H2,1H3,(H,19,22)(H,23,24). The van der Waals surface area contributed by atoms with Crippen molar-refractivity contribution in [2.45, 2.75) is 32.7 Å². The molecular weight excluding hydrogens is 308 g/mol. The van der Waals surface area contributed by atoms with Crippen LogP contribution in [0.1, 0.15) is 60.9 Å². The Morgan fingerprint density at radius 1 is 1.21 bits per heavy atom. The third kappa shape index (κ3) is 2.95. The van der Waals surface area contributed by atoms with Gasteiger partial charge < -0.3 is 15.4 Å². The van der Waals surface area contributed by atoms with E-state index in [0.717, 1.165) is 24.1 Å². The summed E-state index contributed by atoms with van der Waals surface area (Å²) >= 11 is 0. The van der Waals surface area contributed by atoms with Gasteiger partial charge in [-0.1, -0.05) is 12.1 Å². The van der Waals surface area contributed by atoms with Crippen molar-refractivity contribution >= 4 is 17.7 Å². The average molecular weight is 326 g/mol. The van der Waals surface area contributed by atoms with Gasteiger partial charge in [0.05, 0.1) is 5.56 Å². The Hall–Kier alpha value is -2.89. The number of aryl methyl sites for hydroxylation is 1. The van der Waals surface area contributed by atoms with Gasteiger partial charge in [-0.2, -0.15) is 0 Å². The number of carboxylic acid groups (broad SMARTS) is 1. The van der Waals surface area contributed by atoms with Crippen LogP contribution in [0.4, 0.5) is 0 Å². The van der Waals surface area contributed by atoms with Crippen molar-refractivity contribution in [3.05, 3.63) is 57.9 Å². The highest BCUT2D eigenvalue weighted by Gasteiger charge is 2.26. The maximum atomic E-state index is 12.4. The van der Waals surface area contributed by atoms with Crippen molar-refractivity contribution < 1.29 is 19.5 Å². The molecule has 0 bridgehead atoms. The van der Waals surface area contributed by atoms with Gasteiger partial charge in [-0.05, 0) is 43.0 Å². The number of H-pyrrole nitrogens is 1. The molecule has 1 amide bonds. The minimum absolute atomic E-state index is 0.0910. The molecule has 1 aromatic heterocycles. The molecule has 24 heavy (non-hydrogen) atoms. The SMILES string of the molecule is Cc1c(C(=O)NCc2ccc(C(=O)O)cc2)[nH]c2c1C(=O)CCC2. The zero-order valence-corrected chi connectivity index (χ0v) is 13.3. The number of aromatic amines is 1. The van der Waals surface area contributed by atoms with Gasteiger partial charge in [-0.3, -0.25) is 9.59 Å². The summed E-state index contributed by atoms with van der Waals surface area (Å²) in [6.45, 7) is 2.07. The number of ketones is 1. The van der Waals surface area contributed by atoms with E-state index in [-0.39, 0.29) is 23.8 Å². The average Bonchev–Trinajstić information content (AvgIpc) is 2.91. The molecule has 1 heterocycles. The fraction of sp³-hybridized carbons (Fsp3) is 0.278. The second kappa shape index (κ2) is 6.31. The number of carbonyl (C=O) groups excluding carboxylic acids is 2. The molecule has 0 aliphatic heterocycles. The van der Waals surface area contributed by atoms with Crippen LogP contribution in [-0.2, 0) is 13.0 Å². The van der Waals surface area contributed by atoms with Gasteiger partial charge in [-0.25, -0.2) is 4.79 Å². The lowest BCUT2D eigenvalue weighted by atomic mass is 9.94. The smallest absolute Gasteiger partial charge is 0.335 e.